The lowest BCUT2D eigenvalue weighted by Gasteiger charge is -2.22. The second-order valence-corrected chi connectivity index (χ2v) is 7.24. The first-order chi connectivity index (χ1) is 13.2. The second-order valence-electron chi connectivity index (χ2n) is 7.24. The van der Waals surface area contributed by atoms with Gasteiger partial charge in [-0.15, -0.1) is 0 Å². The van der Waals surface area contributed by atoms with Crippen LogP contribution in [0.15, 0.2) is 48.5 Å². The van der Waals surface area contributed by atoms with Crippen LogP contribution in [0.25, 0.3) is 0 Å². The number of carboxylic acid groups (broad SMARTS) is 1. The third-order valence-electron chi connectivity index (χ3n) is 4.56. The number of rotatable bonds is 7. The molecule has 0 saturated carbocycles. The molecule has 148 valence electrons. The first-order valence-corrected chi connectivity index (χ1v) is 9.20. The van der Waals surface area contributed by atoms with Crippen molar-refractivity contribution in [2.75, 3.05) is 5.32 Å². The molecule has 0 spiro atoms. The van der Waals surface area contributed by atoms with Crippen molar-refractivity contribution in [3.63, 3.8) is 0 Å². The molecule has 0 saturated heterocycles. The van der Waals surface area contributed by atoms with Crippen molar-refractivity contribution in [3.8, 4) is 0 Å². The van der Waals surface area contributed by atoms with Gasteiger partial charge in [-0.05, 0) is 49.6 Å². The quantitative estimate of drug-likeness (QED) is 0.682. The third-order valence-corrected chi connectivity index (χ3v) is 4.56. The summed E-state index contributed by atoms with van der Waals surface area (Å²) in [7, 11) is 0. The maximum atomic E-state index is 12.7. The van der Waals surface area contributed by atoms with Crippen molar-refractivity contribution in [1.82, 2.24) is 5.32 Å². The summed E-state index contributed by atoms with van der Waals surface area (Å²) in [6.07, 6.45) is 0. The molecule has 2 rings (SSSR count). The van der Waals surface area contributed by atoms with Crippen LogP contribution >= 0.6 is 0 Å². The van der Waals surface area contributed by atoms with Crippen molar-refractivity contribution in [1.29, 1.82) is 0 Å². The molecule has 2 amide bonds. The Balaban J connectivity index is 2.08. The number of carbonyl (C=O) groups excluding carboxylic acids is 2. The van der Waals surface area contributed by atoms with Gasteiger partial charge in [-0.2, -0.15) is 0 Å². The summed E-state index contributed by atoms with van der Waals surface area (Å²) in [5, 5.41) is 14.7. The number of aryl methyl sites for hydroxylation is 1. The third kappa shape index (κ3) is 5.42. The van der Waals surface area contributed by atoms with Gasteiger partial charge in [0.05, 0.1) is 5.92 Å². The average molecular weight is 382 g/mol. The number of carbonyl (C=O) groups is 3. The number of hydrogen-bond acceptors (Lipinski definition) is 3. The van der Waals surface area contributed by atoms with Crippen LogP contribution in [0, 0.1) is 12.8 Å². The number of aliphatic carboxylic acids is 1. The summed E-state index contributed by atoms with van der Waals surface area (Å²) in [6.45, 7) is 7.22. The Morgan fingerprint density at radius 1 is 0.964 bits per heavy atom. The molecule has 2 aromatic rings. The molecule has 0 heterocycles. The fourth-order valence-electron chi connectivity index (χ4n) is 2.76. The van der Waals surface area contributed by atoms with E-state index in [4.69, 9.17) is 5.11 Å². The maximum absolute atomic E-state index is 12.7. The molecule has 6 heteroatoms. The van der Waals surface area contributed by atoms with Gasteiger partial charge >= 0.3 is 5.97 Å². The highest BCUT2D eigenvalue weighted by Crippen LogP contribution is 2.19. The molecule has 2 aromatic carbocycles. The van der Waals surface area contributed by atoms with Crippen LogP contribution in [-0.4, -0.2) is 28.9 Å². The number of amides is 2. The van der Waals surface area contributed by atoms with E-state index in [9.17, 15) is 14.4 Å². The summed E-state index contributed by atoms with van der Waals surface area (Å²) < 4.78 is 0. The predicted octanol–water partition coefficient (Wildman–Crippen LogP) is 3.58. The van der Waals surface area contributed by atoms with Crippen molar-refractivity contribution in [3.05, 3.63) is 65.2 Å². The molecule has 0 aliphatic carbocycles. The Kier molecular flexibility index (Phi) is 6.93. The summed E-state index contributed by atoms with van der Waals surface area (Å²) >= 11 is 0. The van der Waals surface area contributed by atoms with E-state index in [1.165, 1.54) is 0 Å². The number of nitrogens with one attached hydrogen (secondary N) is 2. The number of benzene rings is 2. The van der Waals surface area contributed by atoms with Crippen molar-refractivity contribution >= 4 is 23.5 Å². The van der Waals surface area contributed by atoms with Gasteiger partial charge in [0.25, 0.3) is 5.91 Å². The topological polar surface area (TPSA) is 95.5 Å². The molecule has 0 aromatic heterocycles. The first-order valence-electron chi connectivity index (χ1n) is 9.20. The Hall–Kier alpha value is -3.15. The fourth-order valence-corrected chi connectivity index (χ4v) is 2.76. The zero-order chi connectivity index (χ0) is 20.8. The molecule has 3 N–H and O–H groups in total. The van der Waals surface area contributed by atoms with Crippen LogP contribution in [0.3, 0.4) is 0 Å². The molecule has 0 aliphatic heterocycles. The maximum Gasteiger partial charge on any atom is 0.310 e. The van der Waals surface area contributed by atoms with E-state index in [1.807, 2.05) is 26.8 Å². The zero-order valence-electron chi connectivity index (χ0n) is 16.5. The normalized spacial score (nSPS) is 12.9. The SMILES string of the molecule is Cc1cccc(C(=O)NC(C(=O)Nc2ccc(C(C)C(=O)O)cc2)C(C)C)c1. The summed E-state index contributed by atoms with van der Waals surface area (Å²) in [5.41, 5.74) is 2.67. The Labute approximate surface area is 165 Å². The lowest BCUT2D eigenvalue weighted by atomic mass is 10.0. The van der Waals surface area contributed by atoms with Gasteiger partial charge in [0, 0.05) is 11.3 Å². The lowest BCUT2D eigenvalue weighted by molar-refractivity contribution is -0.138. The largest absolute Gasteiger partial charge is 0.481 e. The standard InChI is InChI=1S/C22H26N2O4/c1-13(2)19(24-20(25)17-7-5-6-14(3)12-17)21(26)23-18-10-8-16(9-11-18)15(4)22(27)28/h5-13,15,19H,1-4H3,(H,23,26)(H,24,25)(H,27,28). The van der Waals surface area contributed by atoms with Crippen LogP contribution in [0.5, 0.6) is 0 Å². The van der Waals surface area contributed by atoms with Gasteiger partial charge in [-0.25, -0.2) is 0 Å². The molecule has 0 fully saturated rings. The predicted molar refractivity (Wildman–Crippen MR) is 108 cm³/mol. The number of anilines is 1. The van der Waals surface area contributed by atoms with Gasteiger partial charge in [0.15, 0.2) is 0 Å². The highest BCUT2D eigenvalue weighted by atomic mass is 16.4. The van der Waals surface area contributed by atoms with Gasteiger partial charge < -0.3 is 15.7 Å². The Bertz CT molecular complexity index is 859. The van der Waals surface area contributed by atoms with Crippen LogP contribution < -0.4 is 10.6 Å². The molecule has 28 heavy (non-hydrogen) atoms. The molecule has 2 atom stereocenters. The van der Waals surface area contributed by atoms with Crippen molar-refractivity contribution in [2.45, 2.75) is 39.7 Å². The minimum absolute atomic E-state index is 0.111. The summed E-state index contributed by atoms with van der Waals surface area (Å²) in [6, 6.07) is 13.1. The van der Waals surface area contributed by atoms with Gasteiger partial charge in [0.2, 0.25) is 5.91 Å². The van der Waals surface area contributed by atoms with E-state index in [-0.39, 0.29) is 17.7 Å². The molecular formula is C22H26N2O4. The van der Waals surface area contributed by atoms with E-state index in [2.05, 4.69) is 10.6 Å². The highest BCUT2D eigenvalue weighted by molar-refractivity contribution is 6.01. The van der Waals surface area contributed by atoms with E-state index in [1.54, 1.807) is 49.4 Å². The first kappa shape index (κ1) is 21.2. The average Bonchev–Trinajstić information content (AvgIpc) is 2.65. The second kappa shape index (κ2) is 9.17. The van der Waals surface area contributed by atoms with Gasteiger partial charge in [0.1, 0.15) is 6.04 Å². The van der Waals surface area contributed by atoms with Gasteiger partial charge in [-0.3, -0.25) is 14.4 Å². The molecule has 0 radical (unpaired) electrons. The Morgan fingerprint density at radius 3 is 2.14 bits per heavy atom. The fraction of sp³-hybridized carbons (Fsp3) is 0.318. The molecule has 0 aliphatic rings. The summed E-state index contributed by atoms with van der Waals surface area (Å²) in [5.74, 6) is -2.27. The van der Waals surface area contributed by atoms with Crippen molar-refractivity contribution in [2.24, 2.45) is 5.92 Å². The van der Waals surface area contributed by atoms with Crippen molar-refractivity contribution < 1.29 is 19.5 Å². The number of carboxylic acids is 1. The van der Waals surface area contributed by atoms with E-state index in [0.29, 0.717) is 16.8 Å². The minimum atomic E-state index is -0.907. The minimum Gasteiger partial charge on any atom is -0.481 e. The summed E-state index contributed by atoms with van der Waals surface area (Å²) in [4.78, 5) is 36.3. The van der Waals surface area contributed by atoms with E-state index < -0.39 is 17.9 Å². The van der Waals surface area contributed by atoms with E-state index in [0.717, 1.165) is 5.56 Å². The van der Waals surface area contributed by atoms with Crippen LogP contribution in [0.4, 0.5) is 5.69 Å². The van der Waals surface area contributed by atoms with E-state index >= 15 is 0 Å². The van der Waals surface area contributed by atoms with Crippen LogP contribution in [0.2, 0.25) is 0 Å². The molecule has 6 nitrogen and oxygen atoms in total. The Morgan fingerprint density at radius 2 is 1.61 bits per heavy atom. The van der Waals surface area contributed by atoms with Gasteiger partial charge in [-0.1, -0.05) is 43.7 Å². The smallest absolute Gasteiger partial charge is 0.310 e. The molecule has 0 bridgehead atoms. The zero-order valence-corrected chi connectivity index (χ0v) is 16.5. The highest BCUT2D eigenvalue weighted by Gasteiger charge is 2.25. The van der Waals surface area contributed by atoms with Crippen LogP contribution in [-0.2, 0) is 9.59 Å². The molecular weight excluding hydrogens is 356 g/mol. The monoisotopic (exact) mass is 382 g/mol. The number of hydrogen-bond donors (Lipinski definition) is 3. The lowest BCUT2D eigenvalue weighted by Crippen LogP contribution is -2.47. The molecule has 2 unspecified atom stereocenters. The van der Waals surface area contributed by atoms with Crippen LogP contribution in [0.1, 0.15) is 48.2 Å².